The molecule has 18 heavy (non-hydrogen) atoms. The number of aromatic amines is 1. The standard InChI is InChI=1S/C13H14N4O/c1-7-12(16-17-13(7)14)9-2-4-10-8(6-9)3-5-11(18)15-10/h2,4,6H,3,5H2,1H3,(H,15,18)(H3,14,16,17). The van der Waals surface area contributed by atoms with Gasteiger partial charge in [-0.3, -0.25) is 9.89 Å². The normalized spacial score (nSPS) is 14.2. The second kappa shape index (κ2) is 3.87. The van der Waals surface area contributed by atoms with Gasteiger partial charge in [-0.25, -0.2) is 0 Å². The Morgan fingerprint density at radius 3 is 2.89 bits per heavy atom. The van der Waals surface area contributed by atoms with E-state index >= 15 is 0 Å². The van der Waals surface area contributed by atoms with Crippen LogP contribution in [0.15, 0.2) is 18.2 Å². The van der Waals surface area contributed by atoms with E-state index in [0.717, 1.165) is 34.5 Å². The summed E-state index contributed by atoms with van der Waals surface area (Å²) in [5.74, 6) is 0.605. The second-order valence-electron chi connectivity index (χ2n) is 4.53. The first-order valence-electron chi connectivity index (χ1n) is 5.89. The second-order valence-corrected chi connectivity index (χ2v) is 4.53. The average Bonchev–Trinajstić information content (AvgIpc) is 2.69. The number of aromatic nitrogens is 2. The van der Waals surface area contributed by atoms with E-state index in [-0.39, 0.29) is 5.91 Å². The first kappa shape index (κ1) is 10.8. The van der Waals surface area contributed by atoms with Crippen molar-refractivity contribution in [2.75, 3.05) is 11.1 Å². The van der Waals surface area contributed by atoms with Gasteiger partial charge in [0.25, 0.3) is 0 Å². The summed E-state index contributed by atoms with van der Waals surface area (Å²) in [7, 11) is 0. The number of amides is 1. The highest BCUT2D eigenvalue weighted by Gasteiger charge is 2.16. The Kier molecular flexibility index (Phi) is 2.33. The van der Waals surface area contributed by atoms with Crippen LogP contribution in [-0.2, 0) is 11.2 Å². The van der Waals surface area contributed by atoms with Crippen LogP contribution in [0.4, 0.5) is 11.5 Å². The third-order valence-electron chi connectivity index (χ3n) is 3.34. The van der Waals surface area contributed by atoms with Gasteiger partial charge in [0.15, 0.2) is 0 Å². The molecule has 1 aromatic heterocycles. The summed E-state index contributed by atoms with van der Waals surface area (Å²) in [5.41, 5.74) is 10.7. The molecule has 5 heteroatoms. The molecule has 0 saturated carbocycles. The average molecular weight is 242 g/mol. The molecule has 0 saturated heterocycles. The zero-order chi connectivity index (χ0) is 12.7. The molecule has 3 rings (SSSR count). The van der Waals surface area contributed by atoms with E-state index in [9.17, 15) is 4.79 Å². The van der Waals surface area contributed by atoms with Crippen LogP contribution in [0, 0.1) is 6.92 Å². The highest BCUT2D eigenvalue weighted by atomic mass is 16.1. The quantitative estimate of drug-likeness (QED) is 0.713. The van der Waals surface area contributed by atoms with Crippen LogP contribution < -0.4 is 11.1 Å². The lowest BCUT2D eigenvalue weighted by atomic mass is 9.98. The molecular weight excluding hydrogens is 228 g/mol. The van der Waals surface area contributed by atoms with Gasteiger partial charge in [-0.1, -0.05) is 6.07 Å². The molecule has 0 spiro atoms. The number of H-pyrrole nitrogens is 1. The van der Waals surface area contributed by atoms with Gasteiger partial charge in [0.05, 0.1) is 5.69 Å². The Balaban J connectivity index is 2.05. The number of nitrogens with two attached hydrogens (primary N) is 1. The van der Waals surface area contributed by atoms with E-state index in [1.807, 2.05) is 19.1 Å². The van der Waals surface area contributed by atoms with Gasteiger partial charge in [-0.05, 0) is 31.0 Å². The maximum atomic E-state index is 11.3. The van der Waals surface area contributed by atoms with Crippen molar-refractivity contribution in [2.24, 2.45) is 0 Å². The van der Waals surface area contributed by atoms with Crippen molar-refractivity contribution in [1.82, 2.24) is 10.2 Å². The largest absolute Gasteiger partial charge is 0.382 e. The Morgan fingerprint density at radius 1 is 1.33 bits per heavy atom. The summed E-state index contributed by atoms with van der Waals surface area (Å²) in [4.78, 5) is 11.3. The molecule has 0 bridgehead atoms. The van der Waals surface area contributed by atoms with Gasteiger partial charge in [0, 0.05) is 23.2 Å². The van der Waals surface area contributed by atoms with Crippen LogP contribution >= 0.6 is 0 Å². The third kappa shape index (κ3) is 1.64. The highest BCUT2D eigenvalue weighted by Crippen LogP contribution is 2.30. The van der Waals surface area contributed by atoms with Crippen molar-refractivity contribution in [3.63, 3.8) is 0 Å². The van der Waals surface area contributed by atoms with E-state index in [2.05, 4.69) is 21.6 Å². The number of nitrogen functional groups attached to an aromatic ring is 1. The lowest BCUT2D eigenvalue weighted by molar-refractivity contribution is -0.116. The summed E-state index contributed by atoms with van der Waals surface area (Å²) >= 11 is 0. The minimum atomic E-state index is 0.0808. The van der Waals surface area contributed by atoms with Crippen LogP contribution in [0.1, 0.15) is 17.5 Å². The first-order chi connectivity index (χ1) is 8.65. The molecule has 0 aliphatic carbocycles. The number of rotatable bonds is 1. The number of aryl methyl sites for hydroxylation is 1. The Bertz CT molecular complexity index is 630. The summed E-state index contributed by atoms with van der Waals surface area (Å²) in [6, 6.07) is 5.97. The van der Waals surface area contributed by atoms with Crippen molar-refractivity contribution in [1.29, 1.82) is 0 Å². The smallest absolute Gasteiger partial charge is 0.224 e. The summed E-state index contributed by atoms with van der Waals surface area (Å²) in [6.45, 7) is 1.94. The number of nitrogens with one attached hydrogen (secondary N) is 2. The summed E-state index contributed by atoms with van der Waals surface area (Å²) < 4.78 is 0. The molecule has 0 fully saturated rings. The third-order valence-corrected chi connectivity index (χ3v) is 3.34. The molecule has 92 valence electrons. The van der Waals surface area contributed by atoms with E-state index in [4.69, 9.17) is 5.73 Å². The first-order valence-corrected chi connectivity index (χ1v) is 5.89. The Hall–Kier alpha value is -2.30. The molecule has 1 aliphatic rings. The zero-order valence-electron chi connectivity index (χ0n) is 10.1. The van der Waals surface area contributed by atoms with Gasteiger partial charge < -0.3 is 11.1 Å². The lowest BCUT2D eigenvalue weighted by Crippen LogP contribution is -2.18. The molecule has 2 aromatic rings. The number of nitrogens with zero attached hydrogens (tertiary/aromatic N) is 1. The number of carbonyl (C=O) groups excluding carboxylic acids is 1. The fraction of sp³-hybridized carbons (Fsp3) is 0.231. The van der Waals surface area contributed by atoms with Gasteiger partial charge in [0.2, 0.25) is 5.91 Å². The maximum absolute atomic E-state index is 11.3. The molecule has 2 heterocycles. The number of anilines is 2. The maximum Gasteiger partial charge on any atom is 0.224 e. The number of hydrogen-bond acceptors (Lipinski definition) is 3. The minimum Gasteiger partial charge on any atom is -0.382 e. The van der Waals surface area contributed by atoms with Crippen molar-refractivity contribution < 1.29 is 4.79 Å². The summed E-state index contributed by atoms with van der Waals surface area (Å²) in [5, 5.41) is 9.81. The Morgan fingerprint density at radius 2 is 2.17 bits per heavy atom. The number of benzene rings is 1. The van der Waals surface area contributed by atoms with Crippen molar-refractivity contribution in [2.45, 2.75) is 19.8 Å². The van der Waals surface area contributed by atoms with Crippen molar-refractivity contribution >= 4 is 17.4 Å². The minimum absolute atomic E-state index is 0.0808. The topological polar surface area (TPSA) is 83.8 Å². The van der Waals surface area contributed by atoms with Gasteiger partial charge in [-0.2, -0.15) is 5.10 Å². The Labute approximate surface area is 104 Å². The van der Waals surface area contributed by atoms with E-state index in [0.29, 0.717) is 12.2 Å². The fourth-order valence-electron chi connectivity index (χ4n) is 2.23. The molecule has 1 amide bonds. The van der Waals surface area contributed by atoms with Crippen LogP contribution in [0.2, 0.25) is 0 Å². The van der Waals surface area contributed by atoms with E-state index in [1.165, 1.54) is 0 Å². The van der Waals surface area contributed by atoms with Gasteiger partial charge in [-0.15, -0.1) is 0 Å². The van der Waals surface area contributed by atoms with E-state index < -0.39 is 0 Å². The molecule has 1 aromatic carbocycles. The van der Waals surface area contributed by atoms with Crippen LogP contribution in [0.25, 0.3) is 11.3 Å². The van der Waals surface area contributed by atoms with Crippen LogP contribution in [0.3, 0.4) is 0 Å². The van der Waals surface area contributed by atoms with Crippen LogP contribution in [0.5, 0.6) is 0 Å². The molecule has 4 N–H and O–H groups in total. The van der Waals surface area contributed by atoms with E-state index in [1.54, 1.807) is 0 Å². The van der Waals surface area contributed by atoms with Gasteiger partial charge >= 0.3 is 0 Å². The zero-order valence-corrected chi connectivity index (χ0v) is 10.1. The monoisotopic (exact) mass is 242 g/mol. The predicted molar refractivity (Wildman–Crippen MR) is 70.1 cm³/mol. The highest BCUT2D eigenvalue weighted by molar-refractivity contribution is 5.94. The number of fused-ring (bicyclic) bond motifs is 1. The van der Waals surface area contributed by atoms with Crippen molar-refractivity contribution in [3.8, 4) is 11.3 Å². The molecular formula is C13H14N4O. The summed E-state index contributed by atoms with van der Waals surface area (Å²) in [6.07, 6.45) is 1.32. The molecule has 0 radical (unpaired) electrons. The molecule has 1 aliphatic heterocycles. The molecule has 0 atom stereocenters. The van der Waals surface area contributed by atoms with Crippen molar-refractivity contribution in [3.05, 3.63) is 29.3 Å². The fourth-order valence-corrected chi connectivity index (χ4v) is 2.23. The molecule has 5 nitrogen and oxygen atoms in total. The SMILES string of the molecule is Cc1c(N)n[nH]c1-c1ccc2c(c1)CCC(=O)N2. The lowest BCUT2D eigenvalue weighted by Gasteiger charge is -2.17. The van der Waals surface area contributed by atoms with Gasteiger partial charge in [0.1, 0.15) is 5.82 Å². The van der Waals surface area contributed by atoms with Crippen LogP contribution in [-0.4, -0.2) is 16.1 Å². The number of hydrogen-bond donors (Lipinski definition) is 3. The number of carbonyl (C=O) groups is 1. The predicted octanol–water partition coefficient (Wildman–Crippen LogP) is 1.85. The molecule has 0 unspecified atom stereocenters.